The molecule has 0 aromatic carbocycles. The molecule has 6 heteroatoms. The summed E-state index contributed by atoms with van der Waals surface area (Å²) in [5.74, 6) is 7.56. The van der Waals surface area contributed by atoms with Gasteiger partial charge in [0.15, 0.2) is 5.82 Å². The molecule has 0 amide bonds. The highest BCUT2D eigenvalue weighted by atomic mass is 16.7. The first-order chi connectivity index (χ1) is 11.2. The summed E-state index contributed by atoms with van der Waals surface area (Å²) in [6, 6.07) is 0. The summed E-state index contributed by atoms with van der Waals surface area (Å²) in [5.41, 5.74) is 4.13. The van der Waals surface area contributed by atoms with Gasteiger partial charge in [0.2, 0.25) is 6.29 Å². The molecule has 23 heavy (non-hydrogen) atoms. The Kier molecular flexibility index (Phi) is 7.27. The van der Waals surface area contributed by atoms with Crippen LogP contribution in [0.2, 0.25) is 0 Å². The normalized spacial score (nSPS) is 15.3. The summed E-state index contributed by atoms with van der Waals surface area (Å²) in [6.45, 7) is 8.89. The monoisotopic (exact) mass is 318 g/mol. The molecule has 1 aliphatic rings. The van der Waals surface area contributed by atoms with Gasteiger partial charge in [-0.3, -0.25) is 0 Å². The molecule has 0 bridgehead atoms. The van der Waals surface area contributed by atoms with E-state index in [9.17, 15) is 0 Å². The van der Waals surface area contributed by atoms with Gasteiger partial charge in [-0.05, 0) is 39.5 Å². The number of hydrazine groups is 1. The van der Waals surface area contributed by atoms with E-state index in [-0.39, 0.29) is 0 Å². The zero-order valence-corrected chi connectivity index (χ0v) is 14.3. The van der Waals surface area contributed by atoms with Crippen molar-refractivity contribution < 1.29 is 9.47 Å². The molecule has 0 saturated carbocycles. The molecule has 1 aliphatic heterocycles. The van der Waals surface area contributed by atoms with Crippen molar-refractivity contribution in [1.29, 1.82) is 0 Å². The molecule has 0 unspecified atom stereocenters. The zero-order valence-electron chi connectivity index (χ0n) is 14.3. The van der Waals surface area contributed by atoms with E-state index in [1.54, 1.807) is 6.20 Å². The van der Waals surface area contributed by atoms with E-state index in [1.807, 2.05) is 20.8 Å². The van der Waals surface area contributed by atoms with E-state index in [2.05, 4.69) is 32.2 Å². The fourth-order valence-corrected chi connectivity index (χ4v) is 2.37. The maximum absolute atomic E-state index is 5.45. The van der Waals surface area contributed by atoms with Gasteiger partial charge < -0.3 is 14.9 Å². The minimum Gasteiger partial charge on any atom is -0.342 e. The summed E-state index contributed by atoms with van der Waals surface area (Å²) < 4.78 is 10.9. The SMILES string of the molecule is CCOC(C#Cc1cnc(C)nc1NN1CCCCC1)OCC. The highest BCUT2D eigenvalue weighted by molar-refractivity contribution is 5.52. The third kappa shape index (κ3) is 5.79. The van der Waals surface area contributed by atoms with Crippen LogP contribution in [0.15, 0.2) is 6.20 Å². The van der Waals surface area contributed by atoms with Crippen LogP contribution in [0.3, 0.4) is 0 Å². The Labute approximate surface area is 138 Å². The molecular weight excluding hydrogens is 292 g/mol. The number of nitrogens with one attached hydrogen (secondary N) is 1. The summed E-state index contributed by atoms with van der Waals surface area (Å²) in [5, 5.41) is 2.19. The molecule has 6 nitrogen and oxygen atoms in total. The van der Waals surface area contributed by atoms with Crippen molar-refractivity contribution in [3.63, 3.8) is 0 Å². The van der Waals surface area contributed by atoms with Crippen molar-refractivity contribution in [2.45, 2.75) is 46.3 Å². The Bertz CT molecular complexity index is 541. The first-order valence-electron chi connectivity index (χ1n) is 8.33. The first-order valence-corrected chi connectivity index (χ1v) is 8.33. The fourth-order valence-electron chi connectivity index (χ4n) is 2.37. The van der Waals surface area contributed by atoms with Gasteiger partial charge in [-0.2, -0.15) is 0 Å². The number of hydrogen-bond acceptors (Lipinski definition) is 6. The van der Waals surface area contributed by atoms with Crippen molar-refractivity contribution in [1.82, 2.24) is 15.0 Å². The second kappa shape index (κ2) is 9.46. The van der Waals surface area contributed by atoms with E-state index in [1.165, 1.54) is 19.3 Å². The third-order valence-electron chi connectivity index (χ3n) is 3.49. The minimum atomic E-state index is -0.519. The number of anilines is 1. The molecule has 0 atom stereocenters. The van der Waals surface area contributed by atoms with Gasteiger partial charge in [0.1, 0.15) is 5.82 Å². The Hall–Kier alpha value is -1.68. The Morgan fingerprint density at radius 2 is 1.91 bits per heavy atom. The predicted octanol–water partition coefficient (Wildman–Crippen LogP) is 2.35. The van der Waals surface area contributed by atoms with E-state index in [0.29, 0.717) is 13.2 Å². The van der Waals surface area contributed by atoms with Crippen molar-refractivity contribution in [2.24, 2.45) is 0 Å². The quantitative estimate of drug-likeness (QED) is 0.642. The fraction of sp³-hybridized carbons (Fsp3) is 0.647. The molecule has 1 fully saturated rings. The average Bonchev–Trinajstić information content (AvgIpc) is 2.55. The van der Waals surface area contributed by atoms with E-state index < -0.39 is 6.29 Å². The summed E-state index contributed by atoms with van der Waals surface area (Å²) in [6.07, 6.45) is 4.92. The highest BCUT2D eigenvalue weighted by Crippen LogP contribution is 2.15. The molecule has 1 aromatic heterocycles. The van der Waals surface area contributed by atoms with E-state index in [4.69, 9.17) is 9.47 Å². The number of aromatic nitrogens is 2. The van der Waals surface area contributed by atoms with Crippen molar-refractivity contribution >= 4 is 5.82 Å². The molecule has 1 N–H and O–H groups in total. The van der Waals surface area contributed by atoms with Gasteiger partial charge >= 0.3 is 0 Å². The summed E-state index contributed by atoms with van der Waals surface area (Å²) in [4.78, 5) is 8.74. The lowest BCUT2D eigenvalue weighted by Crippen LogP contribution is -2.35. The molecule has 2 heterocycles. The number of piperidine rings is 1. The van der Waals surface area contributed by atoms with Crippen LogP contribution in [0.25, 0.3) is 0 Å². The highest BCUT2D eigenvalue weighted by Gasteiger charge is 2.13. The standard InChI is InChI=1S/C17H26N4O2/c1-4-22-16(23-5-2)10-9-15-13-18-14(3)19-17(15)20-21-11-7-6-8-12-21/h13,16H,4-8,11-12H2,1-3H3,(H,18,19,20). The summed E-state index contributed by atoms with van der Waals surface area (Å²) in [7, 11) is 0. The number of nitrogens with zero attached hydrogens (tertiary/aromatic N) is 3. The van der Waals surface area contributed by atoms with Gasteiger partial charge in [0, 0.05) is 32.5 Å². The van der Waals surface area contributed by atoms with E-state index >= 15 is 0 Å². The maximum atomic E-state index is 5.45. The molecule has 0 spiro atoms. The molecule has 2 rings (SSSR count). The molecule has 1 aromatic rings. The van der Waals surface area contributed by atoms with Gasteiger partial charge in [0.25, 0.3) is 0 Å². The molecule has 126 valence electrons. The maximum Gasteiger partial charge on any atom is 0.222 e. The number of rotatable bonds is 6. The lowest BCUT2D eigenvalue weighted by molar-refractivity contribution is -0.0969. The Morgan fingerprint density at radius 1 is 1.22 bits per heavy atom. The van der Waals surface area contributed by atoms with Gasteiger partial charge in [-0.1, -0.05) is 12.3 Å². The zero-order chi connectivity index (χ0) is 16.5. The van der Waals surface area contributed by atoms with Crippen LogP contribution in [-0.4, -0.2) is 47.6 Å². The smallest absolute Gasteiger partial charge is 0.222 e. The van der Waals surface area contributed by atoms with E-state index in [0.717, 1.165) is 30.3 Å². The molecular formula is C17H26N4O2. The third-order valence-corrected chi connectivity index (χ3v) is 3.49. The van der Waals surface area contributed by atoms with Gasteiger partial charge in [0.05, 0.1) is 5.56 Å². The lowest BCUT2D eigenvalue weighted by Gasteiger charge is -2.27. The van der Waals surface area contributed by atoms with Crippen LogP contribution < -0.4 is 5.43 Å². The molecule has 1 saturated heterocycles. The van der Waals surface area contributed by atoms with Gasteiger partial charge in [-0.15, -0.1) is 0 Å². The van der Waals surface area contributed by atoms with Crippen molar-refractivity contribution in [2.75, 3.05) is 31.7 Å². The first kappa shape index (κ1) is 17.7. The van der Waals surface area contributed by atoms with Crippen LogP contribution in [0, 0.1) is 18.8 Å². The average molecular weight is 318 g/mol. The Morgan fingerprint density at radius 3 is 2.57 bits per heavy atom. The molecule has 0 radical (unpaired) electrons. The summed E-state index contributed by atoms with van der Waals surface area (Å²) >= 11 is 0. The number of aryl methyl sites for hydroxylation is 1. The van der Waals surface area contributed by atoms with Crippen molar-refractivity contribution in [3.05, 3.63) is 17.6 Å². The number of ether oxygens (including phenoxy) is 2. The van der Waals surface area contributed by atoms with Crippen LogP contribution in [0.4, 0.5) is 5.82 Å². The number of hydrogen-bond donors (Lipinski definition) is 1. The topological polar surface area (TPSA) is 59.5 Å². The second-order valence-electron chi connectivity index (χ2n) is 5.35. The van der Waals surface area contributed by atoms with Crippen molar-refractivity contribution in [3.8, 4) is 11.8 Å². The minimum absolute atomic E-state index is 0.519. The van der Waals surface area contributed by atoms with Crippen LogP contribution in [0.1, 0.15) is 44.5 Å². The largest absolute Gasteiger partial charge is 0.342 e. The van der Waals surface area contributed by atoms with Crippen LogP contribution in [-0.2, 0) is 9.47 Å². The van der Waals surface area contributed by atoms with Crippen LogP contribution >= 0.6 is 0 Å². The van der Waals surface area contributed by atoms with Gasteiger partial charge in [-0.25, -0.2) is 15.0 Å². The Balaban J connectivity index is 2.14. The molecule has 0 aliphatic carbocycles. The second-order valence-corrected chi connectivity index (χ2v) is 5.35. The predicted molar refractivity (Wildman–Crippen MR) is 89.7 cm³/mol. The lowest BCUT2D eigenvalue weighted by atomic mass is 10.2. The van der Waals surface area contributed by atoms with Crippen LogP contribution in [0.5, 0.6) is 0 Å².